The van der Waals surface area contributed by atoms with Crippen molar-refractivity contribution in [3.8, 4) is 5.75 Å². The molecule has 2 aliphatic rings. The molecule has 41 heavy (non-hydrogen) atoms. The summed E-state index contributed by atoms with van der Waals surface area (Å²) in [6, 6.07) is 13.6. The summed E-state index contributed by atoms with van der Waals surface area (Å²) in [7, 11) is -1.88. The van der Waals surface area contributed by atoms with Crippen LogP contribution in [0.25, 0.3) is 0 Å². The Labute approximate surface area is 243 Å². The summed E-state index contributed by atoms with van der Waals surface area (Å²) in [6.45, 7) is 7.48. The first-order valence-electron chi connectivity index (χ1n) is 14.4. The largest absolute Gasteiger partial charge is 0.497 e. The zero-order valence-corrected chi connectivity index (χ0v) is 24.9. The van der Waals surface area contributed by atoms with Gasteiger partial charge in [-0.3, -0.25) is 14.5 Å². The zero-order chi connectivity index (χ0) is 29.2. The van der Waals surface area contributed by atoms with Crippen LogP contribution < -0.4 is 10.1 Å². The van der Waals surface area contributed by atoms with Gasteiger partial charge in [0.2, 0.25) is 21.8 Å². The second-order valence-corrected chi connectivity index (χ2v) is 12.5. The number of ether oxygens (including phenoxy) is 2. The van der Waals surface area contributed by atoms with Crippen molar-refractivity contribution in [1.29, 1.82) is 0 Å². The fraction of sp³-hybridized carbons (Fsp3) is 0.533. The number of carbonyl (C=O) groups is 2. The SMILES string of the molecule is COc1ccc(CN(C(=O)CCc2ccc(S(=O)(=O)N3CCCC3)cc2)[C@@H](C)C(=O)NCCN2CCOCC2)cc1. The minimum absolute atomic E-state index is 0.148. The predicted octanol–water partition coefficient (Wildman–Crippen LogP) is 2.28. The van der Waals surface area contributed by atoms with Gasteiger partial charge in [-0.15, -0.1) is 0 Å². The van der Waals surface area contributed by atoms with Crippen molar-refractivity contribution in [2.24, 2.45) is 0 Å². The molecule has 2 aromatic carbocycles. The van der Waals surface area contributed by atoms with Crippen molar-refractivity contribution in [3.63, 3.8) is 0 Å². The van der Waals surface area contributed by atoms with Gasteiger partial charge in [-0.05, 0) is 61.6 Å². The van der Waals surface area contributed by atoms with Gasteiger partial charge >= 0.3 is 0 Å². The van der Waals surface area contributed by atoms with Crippen molar-refractivity contribution in [2.75, 3.05) is 59.6 Å². The molecule has 1 atom stereocenters. The van der Waals surface area contributed by atoms with Gasteiger partial charge in [0.05, 0.1) is 25.2 Å². The molecule has 0 unspecified atom stereocenters. The Morgan fingerprint density at radius 1 is 0.976 bits per heavy atom. The summed E-state index contributed by atoms with van der Waals surface area (Å²) in [6.07, 6.45) is 2.40. The van der Waals surface area contributed by atoms with Gasteiger partial charge in [0.25, 0.3) is 0 Å². The number of methoxy groups -OCH3 is 1. The third-order valence-electron chi connectivity index (χ3n) is 7.76. The van der Waals surface area contributed by atoms with E-state index in [1.807, 2.05) is 24.3 Å². The lowest BCUT2D eigenvalue weighted by Crippen LogP contribution is -2.49. The molecule has 2 saturated heterocycles. The number of sulfonamides is 1. The number of rotatable bonds is 13. The molecule has 2 aliphatic heterocycles. The maximum Gasteiger partial charge on any atom is 0.243 e. The molecule has 0 radical (unpaired) electrons. The molecular formula is C30H42N4O6S. The smallest absolute Gasteiger partial charge is 0.243 e. The predicted molar refractivity (Wildman–Crippen MR) is 156 cm³/mol. The van der Waals surface area contributed by atoms with Crippen LogP contribution >= 0.6 is 0 Å². The number of amides is 2. The maximum atomic E-state index is 13.5. The van der Waals surface area contributed by atoms with Crippen LogP contribution in [-0.4, -0.2) is 100.0 Å². The van der Waals surface area contributed by atoms with Crippen molar-refractivity contribution in [2.45, 2.75) is 50.1 Å². The van der Waals surface area contributed by atoms with Gasteiger partial charge in [-0.2, -0.15) is 4.31 Å². The van der Waals surface area contributed by atoms with Crippen LogP contribution in [0.15, 0.2) is 53.4 Å². The quantitative estimate of drug-likeness (QED) is 0.384. The number of hydrogen-bond acceptors (Lipinski definition) is 7. The van der Waals surface area contributed by atoms with E-state index in [2.05, 4.69) is 10.2 Å². The second kappa shape index (κ2) is 14.8. The highest BCUT2D eigenvalue weighted by atomic mass is 32.2. The summed E-state index contributed by atoms with van der Waals surface area (Å²) < 4.78 is 37.8. The molecule has 224 valence electrons. The molecule has 2 aromatic rings. The van der Waals surface area contributed by atoms with Gasteiger partial charge in [-0.25, -0.2) is 8.42 Å². The Morgan fingerprint density at radius 2 is 1.61 bits per heavy atom. The molecule has 0 spiro atoms. The van der Waals surface area contributed by atoms with Crippen LogP contribution in [0.3, 0.4) is 0 Å². The first kappa shape index (κ1) is 31.0. The molecule has 2 fully saturated rings. The van der Waals surface area contributed by atoms with Crippen LogP contribution in [0.2, 0.25) is 0 Å². The minimum atomic E-state index is -3.48. The monoisotopic (exact) mass is 586 g/mol. The summed E-state index contributed by atoms with van der Waals surface area (Å²) in [4.78, 5) is 30.7. The van der Waals surface area contributed by atoms with Crippen LogP contribution in [0.5, 0.6) is 5.75 Å². The number of carbonyl (C=O) groups excluding carboxylic acids is 2. The lowest BCUT2D eigenvalue weighted by Gasteiger charge is -2.30. The highest BCUT2D eigenvalue weighted by molar-refractivity contribution is 7.89. The van der Waals surface area contributed by atoms with Crippen molar-refractivity contribution >= 4 is 21.8 Å². The molecule has 2 heterocycles. The topological polar surface area (TPSA) is 108 Å². The molecule has 0 bridgehead atoms. The Kier molecular flexibility index (Phi) is 11.1. The van der Waals surface area contributed by atoms with Crippen LogP contribution in [0.1, 0.15) is 37.3 Å². The number of morpholine rings is 1. The molecule has 0 aliphatic carbocycles. The number of benzene rings is 2. The van der Waals surface area contributed by atoms with Gasteiger partial charge in [0.15, 0.2) is 0 Å². The van der Waals surface area contributed by atoms with Crippen LogP contribution in [0, 0.1) is 0 Å². The summed E-state index contributed by atoms with van der Waals surface area (Å²) in [5.74, 6) is 0.373. The van der Waals surface area contributed by atoms with E-state index in [1.165, 1.54) is 4.31 Å². The molecule has 1 N–H and O–H groups in total. The third-order valence-corrected chi connectivity index (χ3v) is 9.68. The minimum Gasteiger partial charge on any atom is -0.497 e. The second-order valence-electron chi connectivity index (χ2n) is 10.5. The van der Waals surface area contributed by atoms with E-state index < -0.39 is 16.1 Å². The molecule has 2 amide bonds. The number of aryl methyl sites for hydroxylation is 1. The highest BCUT2D eigenvalue weighted by Crippen LogP contribution is 2.22. The molecular weight excluding hydrogens is 544 g/mol. The Morgan fingerprint density at radius 3 is 2.24 bits per heavy atom. The molecule has 4 rings (SSSR count). The summed E-state index contributed by atoms with van der Waals surface area (Å²) >= 11 is 0. The van der Waals surface area contributed by atoms with E-state index >= 15 is 0 Å². The van der Waals surface area contributed by atoms with Crippen LogP contribution in [-0.2, 0) is 37.3 Å². The highest BCUT2D eigenvalue weighted by Gasteiger charge is 2.28. The van der Waals surface area contributed by atoms with E-state index in [0.717, 1.165) is 49.4 Å². The molecule has 0 aromatic heterocycles. The first-order valence-corrected chi connectivity index (χ1v) is 15.8. The average molecular weight is 587 g/mol. The molecule has 10 nitrogen and oxygen atoms in total. The van der Waals surface area contributed by atoms with Gasteiger partial charge in [0, 0.05) is 52.2 Å². The van der Waals surface area contributed by atoms with Gasteiger partial charge in [0.1, 0.15) is 11.8 Å². The fourth-order valence-corrected chi connectivity index (χ4v) is 6.64. The summed E-state index contributed by atoms with van der Waals surface area (Å²) in [5.41, 5.74) is 1.76. The lowest BCUT2D eigenvalue weighted by molar-refractivity contribution is -0.140. The maximum absolute atomic E-state index is 13.5. The summed E-state index contributed by atoms with van der Waals surface area (Å²) in [5, 5.41) is 2.99. The van der Waals surface area contributed by atoms with E-state index in [1.54, 1.807) is 43.2 Å². The molecule has 0 saturated carbocycles. The zero-order valence-electron chi connectivity index (χ0n) is 24.1. The lowest BCUT2D eigenvalue weighted by atomic mass is 10.1. The number of hydrogen-bond donors (Lipinski definition) is 1. The first-order chi connectivity index (χ1) is 19.8. The third kappa shape index (κ3) is 8.51. The van der Waals surface area contributed by atoms with Crippen molar-refractivity contribution < 1.29 is 27.5 Å². The van der Waals surface area contributed by atoms with Gasteiger partial charge < -0.3 is 19.7 Å². The number of nitrogens with zero attached hydrogens (tertiary/aromatic N) is 3. The van der Waals surface area contributed by atoms with E-state index in [0.29, 0.717) is 39.3 Å². The van der Waals surface area contributed by atoms with E-state index in [4.69, 9.17) is 9.47 Å². The van der Waals surface area contributed by atoms with E-state index in [-0.39, 0.29) is 29.7 Å². The average Bonchev–Trinajstić information content (AvgIpc) is 3.56. The Bertz CT molecular complexity index is 1240. The number of nitrogens with one attached hydrogen (secondary N) is 1. The van der Waals surface area contributed by atoms with Crippen LogP contribution in [0.4, 0.5) is 0 Å². The Balaban J connectivity index is 1.38. The molecule has 11 heteroatoms. The standard InChI is InChI=1S/C30H42N4O6S/c1-24(30(36)31-15-18-32-19-21-40-22-20-32)34(23-26-5-10-27(39-2)11-6-26)29(35)14-9-25-7-12-28(13-8-25)41(37,38)33-16-3-4-17-33/h5-8,10-13,24H,3-4,9,14-23H2,1-2H3,(H,31,36)/t24-/m0/s1. The Hall–Kier alpha value is -2.99. The van der Waals surface area contributed by atoms with Crippen molar-refractivity contribution in [1.82, 2.24) is 19.4 Å². The fourth-order valence-electron chi connectivity index (χ4n) is 5.12. The van der Waals surface area contributed by atoms with Gasteiger partial charge in [-0.1, -0.05) is 24.3 Å². The van der Waals surface area contributed by atoms with Crippen molar-refractivity contribution in [3.05, 3.63) is 59.7 Å². The van der Waals surface area contributed by atoms with E-state index in [9.17, 15) is 18.0 Å². The normalized spacial score (nSPS) is 17.2.